The molecule has 8 atom stereocenters. The minimum absolute atomic E-state index is 0.0244. The SMILES string of the molecule is CCCN1[C@@H](C)C(=O)N[C@@H](Cc2ccc(O)cc2)C(=O)N(C)CC(=O)N[C@@H](CC(C)C)C(=O)N[C@@H](CC(=O)O)C(=O)N[C@@H]([C@@H](C)O)C(=O)N[C@@H](C)[C@@H]1C(=O)NC(C)(C)C. The first-order valence-corrected chi connectivity index (χ1v) is 19.9. The number of carbonyl (C=O) groups excluding carboxylic acids is 7. The zero-order chi connectivity index (χ0) is 44.9. The highest BCUT2D eigenvalue weighted by Gasteiger charge is 2.41. The molecule has 0 spiro atoms. The average molecular weight is 833 g/mol. The van der Waals surface area contributed by atoms with Crippen LogP contribution < -0.4 is 31.9 Å². The van der Waals surface area contributed by atoms with Gasteiger partial charge in [-0.1, -0.05) is 32.9 Å². The Bertz CT molecular complexity index is 1660. The van der Waals surface area contributed by atoms with Gasteiger partial charge in [-0.2, -0.15) is 0 Å². The molecule has 1 aromatic rings. The number of carboxylic acids is 1. The lowest BCUT2D eigenvalue weighted by molar-refractivity contribution is -0.142. The van der Waals surface area contributed by atoms with Gasteiger partial charge < -0.3 is 52.1 Å². The maximum atomic E-state index is 14.2. The fraction of sp³-hybridized carbons (Fsp3) is 0.650. The smallest absolute Gasteiger partial charge is 0.305 e. The van der Waals surface area contributed by atoms with Gasteiger partial charge in [0.25, 0.3) is 0 Å². The second-order valence-corrected chi connectivity index (χ2v) is 16.7. The molecule has 7 amide bonds. The van der Waals surface area contributed by atoms with Crippen molar-refractivity contribution in [3.05, 3.63) is 29.8 Å². The lowest BCUT2D eigenvalue weighted by atomic mass is 9.99. The lowest BCUT2D eigenvalue weighted by Gasteiger charge is -2.40. The van der Waals surface area contributed by atoms with Crippen molar-refractivity contribution in [1.29, 1.82) is 0 Å². The van der Waals surface area contributed by atoms with E-state index in [4.69, 9.17) is 0 Å². The molecule has 0 saturated carbocycles. The first kappa shape index (κ1) is 49.8. The van der Waals surface area contributed by atoms with Gasteiger partial charge in [0.05, 0.1) is 31.2 Å². The van der Waals surface area contributed by atoms with Crippen LogP contribution >= 0.6 is 0 Å². The van der Waals surface area contributed by atoms with Gasteiger partial charge in [-0.15, -0.1) is 0 Å². The summed E-state index contributed by atoms with van der Waals surface area (Å²) in [4.78, 5) is 112. The number of rotatable bonds is 10. The number of aromatic hydroxyl groups is 1. The summed E-state index contributed by atoms with van der Waals surface area (Å²) in [7, 11) is 1.33. The van der Waals surface area contributed by atoms with Gasteiger partial charge in [-0.3, -0.25) is 43.3 Å². The maximum Gasteiger partial charge on any atom is 0.305 e. The molecule has 0 radical (unpaired) electrons. The van der Waals surface area contributed by atoms with Crippen molar-refractivity contribution in [2.45, 2.75) is 142 Å². The number of hydrogen-bond acceptors (Lipinski definition) is 11. The fourth-order valence-electron chi connectivity index (χ4n) is 6.66. The number of aliphatic hydroxyl groups is 1. The molecule has 1 fully saturated rings. The van der Waals surface area contributed by atoms with Crippen LogP contribution in [0.4, 0.5) is 0 Å². The Morgan fingerprint density at radius 1 is 0.847 bits per heavy atom. The van der Waals surface area contributed by atoms with E-state index in [2.05, 4.69) is 31.9 Å². The molecule has 330 valence electrons. The number of hydrogen-bond donors (Lipinski definition) is 9. The Balaban J connectivity index is 2.80. The minimum Gasteiger partial charge on any atom is -0.508 e. The number of likely N-dealkylation sites (N-methyl/N-ethyl adjacent to an activating group) is 1. The van der Waals surface area contributed by atoms with E-state index in [1.165, 1.54) is 40.0 Å². The van der Waals surface area contributed by atoms with Crippen LogP contribution in [0.25, 0.3) is 0 Å². The normalized spacial score (nSPS) is 25.8. The van der Waals surface area contributed by atoms with Crippen LogP contribution in [0.5, 0.6) is 5.75 Å². The molecule has 0 aliphatic carbocycles. The third kappa shape index (κ3) is 15.8. The minimum atomic E-state index is -1.76. The van der Waals surface area contributed by atoms with Gasteiger partial charge in [0, 0.05) is 19.0 Å². The van der Waals surface area contributed by atoms with E-state index in [9.17, 15) is 53.7 Å². The standard InChI is InChI=1S/C40H64N8O11/c1-11-16-48-23(5)34(54)44-29(18-25-12-14-26(50)15-13-25)39(59)47(10)20-30(51)42-27(17-21(2)3)35(55)43-28(19-31(52)53)36(56)45-32(24(6)49)37(57)41-22(4)33(48)38(58)46-40(7,8)9/h12-15,21-24,27-29,32-33,49-50H,11,16-20H2,1-10H3,(H,41,57)(H,42,51)(H,43,55)(H,44,54)(H,45,56)(H,46,58)(H,52,53)/t22-,23-,24+,27-,28-,29-,32-,33+/m0/s1. The molecular weight excluding hydrogens is 768 g/mol. The van der Waals surface area contributed by atoms with Crippen molar-refractivity contribution in [3.8, 4) is 5.75 Å². The van der Waals surface area contributed by atoms with E-state index in [0.717, 1.165) is 4.90 Å². The molecule has 1 aliphatic rings. The van der Waals surface area contributed by atoms with Crippen LogP contribution in [-0.2, 0) is 44.8 Å². The highest BCUT2D eigenvalue weighted by Crippen LogP contribution is 2.17. The van der Waals surface area contributed by atoms with Crippen molar-refractivity contribution in [1.82, 2.24) is 41.7 Å². The quantitative estimate of drug-likeness (QED) is 0.139. The summed E-state index contributed by atoms with van der Waals surface area (Å²) in [5, 5.41) is 45.8. The van der Waals surface area contributed by atoms with E-state index in [-0.39, 0.29) is 31.1 Å². The van der Waals surface area contributed by atoms with Crippen LogP contribution in [0.2, 0.25) is 0 Å². The van der Waals surface area contributed by atoms with E-state index < -0.39 is 114 Å². The number of phenolic OH excluding ortho intramolecular Hbond substituents is 1. The lowest BCUT2D eigenvalue weighted by Crippen LogP contribution is -2.66. The third-order valence-electron chi connectivity index (χ3n) is 9.51. The first-order chi connectivity index (χ1) is 27.3. The number of amides is 7. The summed E-state index contributed by atoms with van der Waals surface area (Å²) >= 11 is 0. The number of carboxylic acid groups (broad SMARTS) is 1. The summed E-state index contributed by atoms with van der Waals surface area (Å²) in [5.41, 5.74) is -0.208. The molecule has 9 N–H and O–H groups in total. The summed E-state index contributed by atoms with van der Waals surface area (Å²) in [6.07, 6.45) is -2.07. The van der Waals surface area contributed by atoms with E-state index in [1.807, 2.05) is 6.92 Å². The topological polar surface area (TPSA) is 276 Å². The molecule has 19 nitrogen and oxygen atoms in total. The predicted octanol–water partition coefficient (Wildman–Crippen LogP) is -0.864. The largest absolute Gasteiger partial charge is 0.508 e. The Morgan fingerprint density at radius 2 is 1.42 bits per heavy atom. The van der Waals surface area contributed by atoms with Crippen LogP contribution in [0.3, 0.4) is 0 Å². The first-order valence-electron chi connectivity index (χ1n) is 19.9. The number of aliphatic carboxylic acids is 1. The summed E-state index contributed by atoms with van der Waals surface area (Å²) in [6, 6.07) is -3.51. The number of carbonyl (C=O) groups is 8. The van der Waals surface area contributed by atoms with Crippen molar-refractivity contribution < 1.29 is 53.7 Å². The van der Waals surface area contributed by atoms with Gasteiger partial charge in [0.2, 0.25) is 41.4 Å². The number of aliphatic hydroxyl groups excluding tert-OH is 1. The zero-order valence-electron chi connectivity index (χ0n) is 35.8. The number of nitrogens with zero attached hydrogens (tertiary/aromatic N) is 2. The Morgan fingerprint density at radius 3 is 1.95 bits per heavy atom. The molecule has 1 aromatic carbocycles. The number of nitrogens with one attached hydrogen (secondary N) is 6. The molecule has 1 aliphatic heterocycles. The van der Waals surface area contributed by atoms with Crippen LogP contribution in [0.15, 0.2) is 24.3 Å². The molecule has 19 heteroatoms. The molecule has 0 bridgehead atoms. The predicted molar refractivity (Wildman–Crippen MR) is 216 cm³/mol. The third-order valence-corrected chi connectivity index (χ3v) is 9.51. The number of phenols is 1. The van der Waals surface area contributed by atoms with E-state index in [1.54, 1.807) is 51.7 Å². The van der Waals surface area contributed by atoms with Crippen molar-refractivity contribution in [2.24, 2.45) is 5.92 Å². The maximum absolute atomic E-state index is 14.2. The van der Waals surface area contributed by atoms with Crippen LogP contribution in [-0.4, -0.2) is 147 Å². The molecule has 0 unspecified atom stereocenters. The van der Waals surface area contributed by atoms with Gasteiger partial charge in [-0.25, -0.2) is 0 Å². The molecular formula is C40H64N8O11. The highest BCUT2D eigenvalue weighted by molar-refractivity contribution is 5.97. The van der Waals surface area contributed by atoms with Gasteiger partial charge in [-0.05, 0) is 84.5 Å². The average Bonchev–Trinajstić information content (AvgIpc) is 3.11. The molecule has 59 heavy (non-hydrogen) atoms. The fourth-order valence-corrected chi connectivity index (χ4v) is 6.66. The Hall–Kier alpha value is -5.30. The summed E-state index contributed by atoms with van der Waals surface area (Å²) in [6.45, 7) is 14.4. The highest BCUT2D eigenvalue weighted by atomic mass is 16.4. The van der Waals surface area contributed by atoms with Crippen molar-refractivity contribution >= 4 is 47.3 Å². The summed E-state index contributed by atoms with van der Waals surface area (Å²) in [5.74, 6) is -7.40. The molecule has 0 aromatic heterocycles. The Kier molecular flexibility index (Phi) is 18.7. The van der Waals surface area contributed by atoms with Crippen LogP contribution in [0.1, 0.15) is 87.1 Å². The van der Waals surface area contributed by atoms with Crippen molar-refractivity contribution in [2.75, 3.05) is 20.1 Å². The Labute approximate surface area is 345 Å². The molecule has 2 rings (SSSR count). The number of benzene rings is 1. The second-order valence-electron chi connectivity index (χ2n) is 16.7. The van der Waals surface area contributed by atoms with Gasteiger partial charge in [0.1, 0.15) is 36.0 Å². The van der Waals surface area contributed by atoms with Gasteiger partial charge in [0.15, 0.2) is 0 Å². The van der Waals surface area contributed by atoms with Crippen LogP contribution in [0, 0.1) is 5.92 Å². The summed E-state index contributed by atoms with van der Waals surface area (Å²) < 4.78 is 0. The second kappa shape index (κ2) is 22.2. The van der Waals surface area contributed by atoms with Crippen molar-refractivity contribution in [3.63, 3.8) is 0 Å². The monoisotopic (exact) mass is 832 g/mol. The zero-order valence-corrected chi connectivity index (χ0v) is 35.8. The van der Waals surface area contributed by atoms with Gasteiger partial charge >= 0.3 is 5.97 Å². The molecule has 1 saturated heterocycles. The molecule has 1 heterocycles. The van der Waals surface area contributed by atoms with E-state index >= 15 is 0 Å². The van der Waals surface area contributed by atoms with E-state index in [0.29, 0.717) is 12.0 Å².